The molecule has 0 unspecified atom stereocenters. The first-order valence-corrected chi connectivity index (χ1v) is 10.9. The Morgan fingerprint density at radius 1 is 1.31 bits per heavy atom. The van der Waals surface area contributed by atoms with E-state index in [-0.39, 0.29) is 31.4 Å². The number of nitrogens with two attached hydrogens (primary N) is 1. The van der Waals surface area contributed by atoms with E-state index in [2.05, 4.69) is 15.6 Å². The zero-order chi connectivity index (χ0) is 26.0. The van der Waals surface area contributed by atoms with Crippen LogP contribution in [0.25, 0.3) is 0 Å². The van der Waals surface area contributed by atoms with Gasteiger partial charge in [0.15, 0.2) is 5.03 Å². The minimum atomic E-state index is -0.967. The number of nitrogens with zero attached hydrogens (tertiary/aromatic N) is 3. The van der Waals surface area contributed by atoms with E-state index in [1.54, 1.807) is 55.4 Å². The third-order valence-corrected chi connectivity index (χ3v) is 4.58. The van der Waals surface area contributed by atoms with Crippen LogP contribution in [-0.2, 0) is 19.1 Å². The van der Waals surface area contributed by atoms with Gasteiger partial charge in [-0.05, 0) is 57.9 Å². The van der Waals surface area contributed by atoms with E-state index in [0.717, 1.165) is 0 Å². The number of ether oxygens (including phenoxy) is 2. The number of hydrogen-bond acceptors (Lipinski definition) is 8. The maximum atomic E-state index is 12.9. The van der Waals surface area contributed by atoms with E-state index in [1.807, 2.05) is 0 Å². The van der Waals surface area contributed by atoms with Crippen molar-refractivity contribution in [2.24, 2.45) is 10.7 Å². The van der Waals surface area contributed by atoms with Gasteiger partial charge in [-0.2, -0.15) is 0 Å². The Morgan fingerprint density at radius 3 is 2.60 bits per heavy atom. The first kappa shape index (κ1) is 27.3. The molecule has 5 N–H and O–H groups in total. The van der Waals surface area contributed by atoms with Crippen molar-refractivity contribution >= 4 is 35.2 Å². The highest BCUT2D eigenvalue weighted by Crippen LogP contribution is 2.20. The molecule has 0 aliphatic carbocycles. The van der Waals surface area contributed by atoms with Crippen molar-refractivity contribution < 1.29 is 28.9 Å². The standard InChI is InChI=1S/C21H31N7O7/c1-21(2,3)35-20(31)25-16(5-4-10-23-19(22)26-28(32)33)18(30)24-14-6-8-15(9-7-14)27-11-12-34-13-17(27)29/h6-9,16H,4-5,10-13H2,1-3H3,(H,24,30)(H,25,31)(H3,22,23,26)/t16-/m0/s1. The molecule has 35 heavy (non-hydrogen) atoms. The van der Waals surface area contributed by atoms with Gasteiger partial charge in [0.2, 0.25) is 5.91 Å². The Balaban J connectivity index is 2.02. The Kier molecular flexibility index (Phi) is 9.75. The number of benzene rings is 1. The summed E-state index contributed by atoms with van der Waals surface area (Å²) in [6.07, 6.45) is -0.302. The molecular formula is C21H31N7O7. The summed E-state index contributed by atoms with van der Waals surface area (Å²) in [6.45, 7) is 6.09. The zero-order valence-corrected chi connectivity index (χ0v) is 19.9. The van der Waals surface area contributed by atoms with Gasteiger partial charge in [0.25, 0.3) is 11.9 Å². The van der Waals surface area contributed by atoms with Crippen LogP contribution in [0.5, 0.6) is 0 Å². The Bertz CT molecular complexity index is 944. The van der Waals surface area contributed by atoms with E-state index >= 15 is 0 Å². The Morgan fingerprint density at radius 2 is 2.00 bits per heavy atom. The van der Waals surface area contributed by atoms with Crippen LogP contribution in [0, 0.1) is 10.1 Å². The Hall–Kier alpha value is -3.94. The van der Waals surface area contributed by atoms with Gasteiger partial charge >= 0.3 is 6.09 Å². The lowest BCUT2D eigenvalue weighted by molar-refractivity contribution is -0.525. The lowest BCUT2D eigenvalue weighted by Crippen LogP contribution is -2.46. The number of rotatable bonds is 9. The third kappa shape index (κ3) is 9.83. The molecule has 1 aromatic carbocycles. The number of morpholine rings is 1. The maximum absolute atomic E-state index is 12.9. The number of guanidine groups is 1. The molecular weight excluding hydrogens is 462 g/mol. The molecule has 0 radical (unpaired) electrons. The van der Waals surface area contributed by atoms with Crippen molar-refractivity contribution in [1.82, 2.24) is 10.7 Å². The van der Waals surface area contributed by atoms with Crippen LogP contribution in [0.4, 0.5) is 16.2 Å². The molecule has 1 aliphatic heterocycles. The number of hydrogen-bond donors (Lipinski definition) is 4. The van der Waals surface area contributed by atoms with Crippen LogP contribution in [0.3, 0.4) is 0 Å². The molecule has 2 rings (SSSR count). The molecule has 1 atom stereocenters. The van der Waals surface area contributed by atoms with E-state index in [9.17, 15) is 24.5 Å². The average molecular weight is 494 g/mol. The summed E-state index contributed by atoms with van der Waals surface area (Å²) in [4.78, 5) is 52.9. The van der Waals surface area contributed by atoms with Crippen molar-refractivity contribution in [3.8, 4) is 0 Å². The second-order valence-corrected chi connectivity index (χ2v) is 8.61. The highest BCUT2D eigenvalue weighted by atomic mass is 16.7. The molecule has 1 aliphatic rings. The van der Waals surface area contributed by atoms with Crippen LogP contribution in [0.2, 0.25) is 0 Å². The molecule has 0 bridgehead atoms. The SMILES string of the molecule is CC(C)(C)OC(=O)N[C@@H](CCCN=C(N)N[N+](=O)[O-])C(=O)Nc1ccc(N2CCOCC2=O)cc1. The predicted octanol–water partition coefficient (Wildman–Crippen LogP) is 0.758. The smallest absolute Gasteiger partial charge is 0.408 e. The molecule has 1 saturated heterocycles. The number of aliphatic imine (C=N–C) groups is 1. The molecule has 14 heteroatoms. The van der Waals surface area contributed by atoms with Gasteiger partial charge in [-0.25, -0.2) is 19.9 Å². The molecule has 3 amide bonds. The number of nitrogens with one attached hydrogen (secondary N) is 3. The van der Waals surface area contributed by atoms with Crippen molar-refractivity contribution in [3.05, 3.63) is 34.4 Å². The van der Waals surface area contributed by atoms with Crippen LogP contribution in [0.1, 0.15) is 33.6 Å². The average Bonchev–Trinajstić information content (AvgIpc) is 2.75. The van der Waals surface area contributed by atoms with Crippen LogP contribution >= 0.6 is 0 Å². The molecule has 14 nitrogen and oxygen atoms in total. The van der Waals surface area contributed by atoms with Crippen molar-refractivity contribution in [2.75, 3.05) is 36.5 Å². The molecule has 0 spiro atoms. The molecule has 0 saturated carbocycles. The third-order valence-electron chi connectivity index (χ3n) is 4.58. The summed E-state index contributed by atoms with van der Waals surface area (Å²) >= 11 is 0. The number of alkyl carbamates (subject to hydrolysis) is 1. The number of carbonyl (C=O) groups excluding carboxylic acids is 3. The zero-order valence-electron chi connectivity index (χ0n) is 19.9. The second kappa shape index (κ2) is 12.5. The number of anilines is 2. The largest absolute Gasteiger partial charge is 0.444 e. The number of nitro groups is 1. The fourth-order valence-electron chi connectivity index (χ4n) is 3.09. The van der Waals surface area contributed by atoms with Gasteiger partial charge in [0, 0.05) is 24.5 Å². The predicted molar refractivity (Wildman–Crippen MR) is 127 cm³/mol. The highest BCUT2D eigenvalue weighted by molar-refractivity contribution is 5.98. The number of carbonyl (C=O) groups is 3. The molecule has 1 fully saturated rings. The summed E-state index contributed by atoms with van der Waals surface area (Å²) < 4.78 is 10.4. The van der Waals surface area contributed by atoms with E-state index in [4.69, 9.17) is 15.2 Å². The van der Waals surface area contributed by atoms with E-state index in [1.165, 1.54) is 0 Å². The highest BCUT2D eigenvalue weighted by Gasteiger charge is 2.25. The quantitative estimate of drug-likeness (QED) is 0.126. The molecule has 0 aromatic heterocycles. The topological polar surface area (TPSA) is 191 Å². The first-order valence-electron chi connectivity index (χ1n) is 10.9. The van der Waals surface area contributed by atoms with Crippen molar-refractivity contribution in [3.63, 3.8) is 0 Å². The number of hydrazine groups is 1. The minimum Gasteiger partial charge on any atom is -0.444 e. The van der Waals surface area contributed by atoms with Gasteiger partial charge in [-0.1, -0.05) is 5.43 Å². The van der Waals surface area contributed by atoms with Crippen LogP contribution in [-0.4, -0.2) is 66.8 Å². The molecule has 1 heterocycles. The normalized spacial score (nSPS) is 15.2. The van der Waals surface area contributed by atoms with Crippen LogP contribution < -0.4 is 26.7 Å². The Labute approximate surface area is 202 Å². The fourth-order valence-corrected chi connectivity index (χ4v) is 3.09. The summed E-state index contributed by atoms with van der Waals surface area (Å²) in [5.41, 5.74) is 7.49. The first-order chi connectivity index (χ1) is 16.4. The van der Waals surface area contributed by atoms with Crippen molar-refractivity contribution in [1.29, 1.82) is 0 Å². The van der Waals surface area contributed by atoms with E-state index < -0.39 is 28.7 Å². The molecule has 192 valence electrons. The summed E-state index contributed by atoms with van der Waals surface area (Å²) in [5.74, 6) is -1.01. The number of amides is 3. The van der Waals surface area contributed by atoms with Gasteiger partial charge in [0.05, 0.1) is 6.61 Å². The second-order valence-electron chi connectivity index (χ2n) is 8.61. The van der Waals surface area contributed by atoms with Gasteiger partial charge in [0.1, 0.15) is 18.2 Å². The summed E-state index contributed by atoms with van der Waals surface area (Å²) in [6, 6.07) is 5.73. The van der Waals surface area contributed by atoms with Gasteiger partial charge in [-0.3, -0.25) is 9.59 Å². The summed E-state index contributed by atoms with van der Waals surface area (Å²) in [7, 11) is 0. The lowest BCUT2D eigenvalue weighted by atomic mass is 10.1. The minimum absolute atomic E-state index is 0.0221. The molecule has 1 aromatic rings. The lowest BCUT2D eigenvalue weighted by Gasteiger charge is -2.27. The maximum Gasteiger partial charge on any atom is 0.408 e. The van der Waals surface area contributed by atoms with Gasteiger partial charge < -0.3 is 30.7 Å². The monoisotopic (exact) mass is 493 g/mol. The van der Waals surface area contributed by atoms with E-state index in [0.29, 0.717) is 30.9 Å². The van der Waals surface area contributed by atoms with Crippen molar-refractivity contribution in [2.45, 2.75) is 45.3 Å². The summed E-state index contributed by atoms with van der Waals surface area (Å²) in [5, 5.41) is 14.8. The van der Waals surface area contributed by atoms with Gasteiger partial charge in [-0.15, -0.1) is 0 Å². The van der Waals surface area contributed by atoms with Crippen LogP contribution in [0.15, 0.2) is 29.3 Å². The fraction of sp³-hybridized carbons (Fsp3) is 0.524.